The highest BCUT2D eigenvalue weighted by Gasteiger charge is 2.40. The van der Waals surface area contributed by atoms with Crippen LogP contribution in [0.5, 0.6) is 0 Å². The SMILES string of the molecule is N#Cc1ccccc1C1=NOC2OCCC12. The van der Waals surface area contributed by atoms with Crippen LogP contribution in [0.3, 0.4) is 0 Å². The number of nitriles is 1. The van der Waals surface area contributed by atoms with E-state index in [0.717, 1.165) is 17.7 Å². The van der Waals surface area contributed by atoms with Gasteiger partial charge < -0.3 is 9.57 Å². The Morgan fingerprint density at radius 3 is 3.12 bits per heavy atom. The van der Waals surface area contributed by atoms with Gasteiger partial charge in [0.1, 0.15) is 0 Å². The van der Waals surface area contributed by atoms with E-state index in [0.29, 0.717) is 12.2 Å². The molecule has 0 amide bonds. The minimum absolute atomic E-state index is 0.175. The Kier molecular flexibility index (Phi) is 2.12. The van der Waals surface area contributed by atoms with E-state index in [9.17, 15) is 0 Å². The maximum atomic E-state index is 9.04. The molecule has 1 fully saturated rings. The summed E-state index contributed by atoms with van der Waals surface area (Å²) in [6.45, 7) is 0.697. The van der Waals surface area contributed by atoms with Gasteiger partial charge in [-0.2, -0.15) is 5.26 Å². The molecule has 0 saturated carbocycles. The molecule has 0 aromatic heterocycles. The predicted octanol–water partition coefficient (Wildman–Crippen LogP) is 1.66. The Morgan fingerprint density at radius 1 is 1.38 bits per heavy atom. The molecule has 1 aromatic rings. The van der Waals surface area contributed by atoms with E-state index in [2.05, 4.69) is 11.2 Å². The second-order valence-electron chi connectivity index (χ2n) is 3.87. The van der Waals surface area contributed by atoms with E-state index in [1.54, 1.807) is 6.07 Å². The zero-order chi connectivity index (χ0) is 11.0. The topological polar surface area (TPSA) is 54.6 Å². The summed E-state index contributed by atoms with van der Waals surface area (Å²) in [5.74, 6) is 0.175. The molecule has 4 nitrogen and oxygen atoms in total. The lowest BCUT2D eigenvalue weighted by molar-refractivity contribution is -0.106. The maximum absolute atomic E-state index is 9.04. The van der Waals surface area contributed by atoms with Crippen LogP contribution in [0.1, 0.15) is 17.5 Å². The molecule has 2 heterocycles. The van der Waals surface area contributed by atoms with Crippen molar-refractivity contribution in [3.05, 3.63) is 35.4 Å². The van der Waals surface area contributed by atoms with Crippen molar-refractivity contribution in [2.75, 3.05) is 6.61 Å². The monoisotopic (exact) mass is 214 g/mol. The predicted molar refractivity (Wildman–Crippen MR) is 56.6 cm³/mol. The second kappa shape index (κ2) is 3.62. The highest BCUT2D eigenvalue weighted by Crippen LogP contribution is 2.32. The molecule has 0 bridgehead atoms. The van der Waals surface area contributed by atoms with Gasteiger partial charge in [-0.1, -0.05) is 23.4 Å². The Hall–Kier alpha value is -1.86. The lowest BCUT2D eigenvalue weighted by atomic mass is 9.93. The van der Waals surface area contributed by atoms with E-state index < -0.39 is 0 Å². The largest absolute Gasteiger partial charge is 0.363 e. The third-order valence-corrected chi connectivity index (χ3v) is 2.97. The van der Waals surface area contributed by atoms with Crippen molar-refractivity contribution in [3.63, 3.8) is 0 Å². The molecule has 1 saturated heterocycles. The molecule has 0 N–H and O–H groups in total. The van der Waals surface area contributed by atoms with Gasteiger partial charge in [0.25, 0.3) is 0 Å². The van der Waals surface area contributed by atoms with Crippen molar-refractivity contribution in [2.45, 2.75) is 12.7 Å². The summed E-state index contributed by atoms with van der Waals surface area (Å²) >= 11 is 0. The lowest BCUT2D eigenvalue weighted by Gasteiger charge is -2.08. The Bertz CT molecular complexity index is 490. The van der Waals surface area contributed by atoms with Gasteiger partial charge in [0.2, 0.25) is 6.29 Å². The lowest BCUT2D eigenvalue weighted by Crippen LogP contribution is -2.19. The number of nitrogens with zero attached hydrogens (tertiary/aromatic N) is 2. The fourth-order valence-electron chi connectivity index (χ4n) is 2.16. The number of hydrogen-bond acceptors (Lipinski definition) is 4. The molecule has 0 aliphatic carbocycles. The van der Waals surface area contributed by atoms with Gasteiger partial charge in [-0.15, -0.1) is 0 Å². The molecular formula is C12H10N2O2. The van der Waals surface area contributed by atoms with Gasteiger partial charge in [0, 0.05) is 5.56 Å². The minimum Gasteiger partial charge on any atom is -0.363 e. The van der Waals surface area contributed by atoms with Gasteiger partial charge in [-0.25, -0.2) is 0 Å². The fourth-order valence-corrected chi connectivity index (χ4v) is 2.16. The van der Waals surface area contributed by atoms with Crippen molar-refractivity contribution < 1.29 is 9.57 Å². The molecule has 1 aromatic carbocycles. The molecule has 2 aliphatic heterocycles. The Balaban J connectivity index is 2.02. The van der Waals surface area contributed by atoms with E-state index >= 15 is 0 Å². The summed E-state index contributed by atoms with van der Waals surface area (Å²) in [6.07, 6.45) is 0.658. The van der Waals surface area contributed by atoms with Crippen LogP contribution in [-0.2, 0) is 9.57 Å². The van der Waals surface area contributed by atoms with Gasteiger partial charge >= 0.3 is 0 Å². The first kappa shape index (κ1) is 9.37. The summed E-state index contributed by atoms with van der Waals surface area (Å²) in [6, 6.07) is 9.62. The van der Waals surface area contributed by atoms with Crippen LogP contribution in [0, 0.1) is 17.2 Å². The van der Waals surface area contributed by atoms with E-state index in [-0.39, 0.29) is 12.2 Å². The highest BCUT2D eigenvalue weighted by molar-refractivity contribution is 6.04. The van der Waals surface area contributed by atoms with Gasteiger partial charge in [-0.05, 0) is 12.5 Å². The maximum Gasteiger partial charge on any atom is 0.235 e. The highest BCUT2D eigenvalue weighted by atomic mass is 16.8. The second-order valence-corrected chi connectivity index (χ2v) is 3.87. The average molecular weight is 214 g/mol. The van der Waals surface area contributed by atoms with Gasteiger partial charge in [0.05, 0.1) is 29.9 Å². The normalized spacial score (nSPS) is 26.8. The number of oxime groups is 1. The van der Waals surface area contributed by atoms with Crippen molar-refractivity contribution in [1.82, 2.24) is 0 Å². The van der Waals surface area contributed by atoms with Gasteiger partial charge in [0.15, 0.2) is 0 Å². The number of benzene rings is 1. The summed E-state index contributed by atoms with van der Waals surface area (Å²) in [4.78, 5) is 5.20. The number of fused-ring (bicyclic) bond motifs is 1. The summed E-state index contributed by atoms with van der Waals surface area (Å²) < 4.78 is 5.38. The molecule has 4 heteroatoms. The number of rotatable bonds is 1. The molecule has 2 unspecified atom stereocenters. The zero-order valence-corrected chi connectivity index (χ0v) is 8.59. The summed E-state index contributed by atoms with van der Waals surface area (Å²) in [7, 11) is 0. The summed E-state index contributed by atoms with van der Waals surface area (Å²) in [5.41, 5.74) is 2.35. The van der Waals surface area contributed by atoms with Crippen LogP contribution in [0.25, 0.3) is 0 Å². The summed E-state index contributed by atoms with van der Waals surface area (Å²) in [5, 5.41) is 13.1. The van der Waals surface area contributed by atoms with Crippen LogP contribution < -0.4 is 0 Å². The quantitative estimate of drug-likeness (QED) is 0.714. The van der Waals surface area contributed by atoms with Crippen molar-refractivity contribution >= 4 is 5.71 Å². The molecule has 80 valence electrons. The van der Waals surface area contributed by atoms with Crippen molar-refractivity contribution in [1.29, 1.82) is 5.26 Å². The molecule has 2 aliphatic rings. The molecule has 3 rings (SSSR count). The van der Waals surface area contributed by atoms with Crippen LogP contribution >= 0.6 is 0 Å². The minimum atomic E-state index is -0.248. The van der Waals surface area contributed by atoms with Crippen LogP contribution in [0.15, 0.2) is 29.4 Å². The first-order chi connectivity index (χ1) is 7.90. The number of hydrogen-bond donors (Lipinski definition) is 0. The van der Waals surface area contributed by atoms with Crippen LogP contribution in [0.4, 0.5) is 0 Å². The van der Waals surface area contributed by atoms with Gasteiger partial charge in [-0.3, -0.25) is 0 Å². The molecular weight excluding hydrogens is 204 g/mol. The molecule has 16 heavy (non-hydrogen) atoms. The van der Waals surface area contributed by atoms with E-state index in [4.69, 9.17) is 14.8 Å². The fraction of sp³-hybridized carbons (Fsp3) is 0.333. The van der Waals surface area contributed by atoms with E-state index in [1.165, 1.54) is 0 Å². The average Bonchev–Trinajstić information content (AvgIpc) is 2.91. The van der Waals surface area contributed by atoms with Crippen LogP contribution in [0.2, 0.25) is 0 Å². The Morgan fingerprint density at radius 2 is 2.25 bits per heavy atom. The molecule has 0 radical (unpaired) electrons. The number of ether oxygens (including phenoxy) is 1. The first-order valence-electron chi connectivity index (χ1n) is 5.25. The standard InChI is InChI=1S/C12H10N2O2/c13-7-8-3-1-2-4-9(8)11-10-5-6-15-12(10)16-14-11/h1-4,10,12H,5-6H2. The van der Waals surface area contributed by atoms with Crippen molar-refractivity contribution in [3.8, 4) is 6.07 Å². The first-order valence-corrected chi connectivity index (χ1v) is 5.25. The molecule has 2 atom stereocenters. The third-order valence-electron chi connectivity index (χ3n) is 2.97. The van der Waals surface area contributed by atoms with E-state index in [1.807, 2.05) is 18.2 Å². The smallest absolute Gasteiger partial charge is 0.235 e. The Labute approximate surface area is 93.1 Å². The third kappa shape index (κ3) is 1.29. The molecule has 0 spiro atoms. The van der Waals surface area contributed by atoms with Crippen molar-refractivity contribution in [2.24, 2.45) is 11.1 Å². The van der Waals surface area contributed by atoms with Crippen LogP contribution in [-0.4, -0.2) is 18.6 Å². The zero-order valence-electron chi connectivity index (χ0n) is 8.59.